The zero-order valence-electron chi connectivity index (χ0n) is 15.3. The standard InChI is InChI=1S/C21H28N4/c1-15(2)19-13-20(24-21(23-19)22-18-9-5-6-10-18)25-12-11-16-7-3-4-8-17(16)14-25/h3-4,7-8,13,15,18H,5-6,9-12,14H2,1-2H3,(H,22,23,24). The van der Waals surface area contributed by atoms with Crippen LogP contribution in [0.2, 0.25) is 0 Å². The molecule has 2 heterocycles. The van der Waals surface area contributed by atoms with Gasteiger partial charge in [-0.1, -0.05) is 51.0 Å². The summed E-state index contributed by atoms with van der Waals surface area (Å²) in [5.41, 5.74) is 4.02. The van der Waals surface area contributed by atoms with E-state index in [9.17, 15) is 0 Å². The number of hydrogen-bond acceptors (Lipinski definition) is 4. The van der Waals surface area contributed by atoms with Crippen LogP contribution in [0, 0.1) is 0 Å². The van der Waals surface area contributed by atoms with Gasteiger partial charge in [-0.3, -0.25) is 0 Å². The Morgan fingerprint density at radius 3 is 2.60 bits per heavy atom. The second-order valence-electron chi connectivity index (χ2n) is 7.70. The summed E-state index contributed by atoms with van der Waals surface area (Å²) in [5, 5.41) is 3.59. The van der Waals surface area contributed by atoms with Crippen molar-refractivity contribution in [2.75, 3.05) is 16.8 Å². The van der Waals surface area contributed by atoms with Gasteiger partial charge in [0.2, 0.25) is 5.95 Å². The second kappa shape index (κ2) is 7.03. The molecule has 25 heavy (non-hydrogen) atoms. The summed E-state index contributed by atoms with van der Waals surface area (Å²) in [6.07, 6.45) is 6.20. The van der Waals surface area contributed by atoms with Gasteiger partial charge in [-0.05, 0) is 36.3 Å². The first-order valence-electron chi connectivity index (χ1n) is 9.66. The molecule has 2 aromatic rings. The van der Waals surface area contributed by atoms with E-state index in [0.29, 0.717) is 12.0 Å². The maximum absolute atomic E-state index is 4.88. The van der Waals surface area contributed by atoms with Gasteiger partial charge >= 0.3 is 0 Å². The van der Waals surface area contributed by atoms with Gasteiger partial charge in [0.15, 0.2) is 0 Å². The van der Waals surface area contributed by atoms with Crippen molar-refractivity contribution < 1.29 is 0 Å². The van der Waals surface area contributed by atoms with E-state index in [0.717, 1.165) is 37.0 Å². The van der Waals surface area contributed by atoms with Crippen molar-refractivity contribution in [2.45, 2.75) is 64.5 Å². The predicted molar refractivity (Wildman–Crippen MR) is 103 cm³/mol. The van der Waals surface area contributed by atoms with Gasteiger partial charge in [0.05, 0.1) is 5.69 Å². The van der Waals surface area contributed by atoms with Gasteiger partial charge in [0, 0.05) is 25.2 Å². The quantitative estimate of drug-likeness (QED) is 0.891. The lowest BCUT2D eigenvalue weighted by Gasteiger charge is -2.30. The fraction of sp³-hybridized carbons (Fsp3) is 0.524. The normalized spacial score (nSPS) is 17.8. The summed E-state index contributed by atoms with van der Waals surface area (Å²) in [7, 11) is 0. The molecule has 0 unspecified atom stereocenters. The Hall–Kier alpha value is -2.10. The number of hydrogen-bond donors (Lipinski definition) is 1. The third kappa shape index (κ3) is 3.63. The van der Waals surface area contributed by atoms with Crippen molar-refractivity contribution in [3.8, 4) is 0 Å². The highest BCUT2D eigenvalue weighted by Crippen LogP contribution is 2.27. The molecule has 1 N–H and O–H groups in total. The molecule has 4 heteroatoms. The fourth-order valence-corrected chi connectivity index (χ4v) is 3.92. The highest BCUT2D eigenvalue weighted by Gasteiger charge is 2.21. The lowest BCUT2D eigenvalue weighted by atomic mass is 10.00. The average molecular weight is 336 g/mol. The van der Waals surface area contributed by atoms with Gasteiger partial charge in [0.25, 0.3) is 0 Å². The molecule has 0 bridgehead atoms. The van der Waals surface area contributed by atoms with Gasteiger partial charge in [-0.2, -0.15) is 4.98 Å². The van der Waals surface area contributed by atoms with Crippen molar-refractivity contribution >= 4 is 11.8 Å². The average Bonchev–Trinajstić information content (AvgIpc) is 3.14. The van der Waals surface area contributed by atoms with Crippen molar-refractivity contribution in [2.24, 2.45) is 0 Å². The van der Waals surface area contributed by atoms with E-state index in [-0.39, 0.29) is 0 Å². The van der Waals surface area contributed by atoms with E-state index >= 15 is 0 Å². The molecule has 0 spiro atoms. The first-order chi connectivity index (χ1) is 12.2. The lowest BCUT2D eigenvalue weighted by Crippen LogP contribution is -2.31. The minimum atomic E-state index is 0.406. The zero-order chi connectivity index (χ0) is 17.2. The molecular formula is C21H28N4. The van der Waals surface area contributed by atoms with Crippen LogP contribution in [-0.2, 0) is 13.0 Å². The Balaban J connectivity index is 1.61. The van der Waals surface area contributed by atoms with Crippen LogP contribution in [0.5, 0.6) is 0 Å². The Morgan fingerprint density at radius 1 is 1.08 bits per heavy atom. The molecule has 0 radical (unpaired) electrons. The van der Waals surface area contributed by atoms with Gasteiger partial charge < -0.3 is 10.2 Å². The van der Waals surface area contributed by atoms with Crippen LogP contribution in [0.3, 0.4) is 0 Å². The number of anilines is 2. The molecule has 1 saturated carbocycles. The number of nitrogens with one attached hydrogen (secondary N) is 1. The predicted octanol–water partition coefficient (Wildman–Crippen LogP) is 4.52. The third-order valence-corrected chi connectivity index (χ3v) is 5.47. The Labute approximate surface area is 150 Å². The molecule has 0 atom stereocenters. The Bertz CT molecular complexity index is 734. The highest BCUT2D eigenvalue weighted by atomic mass is 15.2. The SMILES string of the molecule is CC(C)c1cc(N2CCc3ccccc3C2)nc(NC2CCCC2)n1. The molecule has 1 aromatic heterocycles. The number of fused-ring (bicyclic) bond motifs is 1. The molecule has 1 fully saturated rings. The first kappa shape index (κ1) is 16.4. The van der Waals surface area contributed by atoms with Crippen LogP contribution in [0.1, 0.15) is 62.3 Å². The van der Waals surface area contributed by atoms with Crippen LogP contribution in [0.4, 0.5) is 11.8 Å². The smallest absolute Gasteiger partial charge is 0.225 e. The summed E-state index contributed by atoms with van der Waals surface area (Å²) in [4.78, 5) is 12.1. The molecule has 2 aliphatic rings. The minimum Gasteiger partial charge on any atom is -0.352 e. The molecule has 1 aliphatic carbocycles. The summed E-state index contributed by atoms with van der Waals surface area (Å²) in [5.74, 6) is 2.28. The molecule has 4 rings (SSSR count). The van der Waals surface area contributed by atoms with E-state index in [4.69, 9.17) is 9.97 Å². The summed E-state index contributed by atoms with van der Waals surface area (Å²) >= 11 is 0. The topological polar surface area (TPSA) is 41.1 Å². The minimum absolute atomic E-state index is 0.406. The van der Waals surface area contributed by atoms with Crippen molar-refractivity contribution in [1.82, 2.24) is 9.97 Å². The van der Waals surface area contributed by atoms with Crippen LogP contribution >= 0.6 is 0 Å². The number of aromatic nitrogens is 2. The second-order valence-corrected chi connectivity index (χ2v) is 7.70. The zero-order valence-corrected chi connectivity index (χ0v) is 15.3. The largest absolute Gasteiger partial charge is 0.352 e. The molecule has 1 aromatic carbocycles. The molecular weight excluding hydrogens is 308 g/mol. The van der Waals surface area contributed by atoms with Crippen LogP contribution in [0.25, 0.3) is 0 Å². The number of benzene rings is 1. The van der Waals surface area contributed by atoms with Crippen LogP contribution in [-0.4, -0.2) is 22.6 Å². The van der Waals surface area contributed by atoms with E-state index < -0.39 is 0 Å². The third-order valence-electron chi connectivity index (χ3n) is 5.47. The summed E-state index contributed by atoms with van der Waals surface area (Å²) in [6, 6.07) is 11.5. The summed E-state index contributed by atoms with van der Waals surface area (Å²) < 4.78 is 0. The molecule has 132 valence electrons. The molecule has 4 nitrogen and oxygen atoms in total. The fourth-order valence-electron chi connectivity index (χ4n) is 3.92. The van der Waals surface area contributed by atoms with E-state index in [1.165, 1.54) is 36.8 Å². The van der Waals surface area contributed by atoms with Crippen molar-refractivity contribution in [1.29, 1.82) is 0 Å². The monoisotopic (exact) mass is 336 g/mol. The maximum atomic E-state index is 4.88. The van der Waals surface area contributed by atoms with E-state index in [1.54, 1.807) is 0 Å². The Kier molecular flexibility index (Phi) is 4.60. The highest BCUT2D eigenvalue weighted by molar-refractivity contribution is 5.49. The maximum Gasteiger partial charge on any atom is 0.225 e. The van der Waals surface area contributed by atoms with Gasteiger partial charge in [-0.25, -0.2) is 4.98 Å². The van der Waals surface area contributed by atoms with Crippen molar-refractivity contribution in [3.05, 3.63) is 47.2 Å². The lowest BCUT2D eigenvalue weighted by molar-refractivity contribution is 0.705. The number of rotatable bonds is 4. The first-order valence-corrected chi connectivity index (χ1v) is 9.66. The van der Waals surface area contributed by atoms with Crippen LogP contribution in [0.15, 0.2) is 30.3 Å². The van der Waals surface area contributed by atoms with E-state index in [2.05, 4.69) is 54.4 Å². The molecule has 0 saturated heterocycles. The van der Waals surface area contributed by atoms with Gasteiger partial charge in [-0.15, -0.1) is 0 Å². The summed E-state index contributed by atoms with van der Waals surface area (Å²) in [6.45, 7) is 6.37. The molecule has 0 amide bonds. The van der Waals surface area contributed by atoms with E-state index in [1.807, 2.05) is 0 Å². The van der Waals surface area contributed by atoms with Crippen LogP contribution < -0.4 is 10.2 Å². The Morgan fingerprint density at radius 2 is 1.84 bits per heavy atom. The number of nitrogens with zero attached hydrogens (tertiary/aromatic N) is 3. The van der Waals surface area contributed by atoms with Gasteiger partial charge in [0.1, 0.15) is 5.82 Å². The molecule has 1 aliphatic heterocycles. The van der Waals surface area contributed by atoms with Crippen molar-refractivity contribution in [3.63, 3.8) is 0 Å².